The molecule has 1 unspecified atom stereocenters. The first-order valence-corrected chi connectivity index (χ1v) is 8.35. The number of aryl methyl sites for hydroxylation is 1. The molecule has 0 aliphatic carbocycles. The molecule has 2 aromatic heterocycles. The summed E-state index contributed by atoms with van der Waals surface area (Å²) in [6.45, 7) is 6.63. The second kappa shape index (κ2) is 7.90. The summed E-state index contributed by atoms with van der Waals surface area (Å²) in [5.74, 6) is -0.456. The van der Waals surface area contributed by atoms with Crippen LogP contribution in [0.5, 0.6) is 0 Å². The van der Waals surface area contributed by atoms with E-state index in [-0.39, 0.29) is 11.6 Å². The molecule has 0 fully saturated rings. The second-order valence-corrected chi connectivity index (χ2v) is 6.36. The van der Waals surface area contributed by atoms with Crippen molar-refractivity contribution in [2.75, 3.05) is 19.0 Å². The van der Waals surface area contributed by atoms with E-state index in [9.17, 15) is 10.1 Å². The highest BCUT2D eigenvalue weighted by molar-refractivity contribution is 7.13. The standard InChI is InChI=1S/C17H20N4O2S/c1-11-7-14(13(3)21(11)12(2)10-23-4)8-15(9-18)16(22)20-17-19-5-6-24-17/h5-8,12H,10H2,1-4H3,(H,19,20,22)/b15-8+. The van der Waals surface area contributed by atoms with Crippen molar-refractivity contribution < 1.29 is 9.53 Å². The lowest BCUT2D eigenvalue weighted by Gasteiger charge is -2.17. The van der Waals surface area contributed by atoms with Crippen molar-refractivity contribution in [2.45, 2.75) is 26.8 Å². The predicted molar refractivity (Wildman–Crippen MR) is 94.8 cm³/mol. The molecule has 1 N–H and O–H groups in total. The molecule has 0 aromatic carbocycles. The molecule has 2 rings (SSSR count). The average Bonchev–Trinajstić information content (AvgIpc) is 3.13. The largest absolute Gasteiger partial charge is 0.383 e. The highest BCUT2D eigenvalue weighted by atomic mass is 32.1. The minimum Gasteiger partial charge on any atom is -0.383 e. The van der Waals surface area contributed by atoms with Crippen molar-refractivity contribution in [1.82, 2.24) is 9.55 Å². The van der Waals surface area contributed by atoms with Gasteiger partial charge in [0.05, 0.1) is 12.6 Å². The summed E-state index contributed by atoms with van der Waals surface area (Å²) in [6, 6.07) is 4.11. The molecule has 0 saturated heterocycles. The zero-order valence-electron chi connectivity index (χ0n) is 14.2. The predicted octanol–water partition coefficient (Wildman–Crippen LogP) is 3.31. The van der Waals surface area contributed by atoms with Gasteiger partial charge in [0.1, 0.15) is 11.6 Å². The number of nitriles is 1. The van der Waals surface area contributed by atoms with E-state index in [1.54, 1.807) is 24.8 Å². The molecule has 24 heavy (non-hydrogen) atoms. The van der Waals surface area contributed by atoms with Gasteiger partial charge in [0, 0.05) is 30.1 Å². The van der Waals surface area contributed by atoms with Gasteiger partial charge < -0.3 is 9.30 Å². The molecule has 126 valence electrons. The molecule has 2 heterocycles. The Balaban J connectivity index is 2.30. The molecule has 0 saturated carbocycles. The van der Waals surface area contributed by atoms with Crippen LogP contribution in [0.1, 0.15) is 29.9 Å². The third-order valence-electron chi connectivity index (χ3n) is 3.69. The zero-order valence-corrected chi connectivity index (χ0v) is 15.0. The van der Waals surface area contributed by atoms with Crippen LogP contribution < -0.4 is 5.32 Å². The third kappa shape index (κ3) is 3.91. The summed E-state index contributed by atoms with van der Waals surface area (Å²) in [7, 11) is 1.67. The highest BCUT2D eigenvalue weighted by Crippen LogP contribution is 2.23. The minimum absolute atomic E-state index is 0.0462. The van der Waals surface area contributed by atoms with Gasteiger partial charge in [-0.15, -0.1) is 11.3 Å². The average molecular weight is 344 g/mol. The van der Waals surface area contributed by atoms with Crippen LogP contribution >= 0.6 is 11.3 Å². The Morgan fingerprint density at radius 1 is 1.58 bits per heavy atom. The molecule has 2 aromatic rings. The van der Waals surface area contributed by atoms with Crippen molar-refractivity contribution in [3.05, 3.63) is 40.2 Å². The first-order valence-electron chi connectivity index (χ1n) is 7.48. The maximum absolute atomic E-state index is 12.2. The van der Waals surface area contributed by atoms with Crippen molar-refractivity contribution in [2.24, 2.45) is 0 Å². The Bertz CT molecular complexity index is 784. The van der Waals surface area contributed by atoms with Crippen LogP contribution in [0.15, 0.2) is 23.2 Å². The Kier molecular flexibility index (Phi) is 5.90. The molecule has 0 aliphatic rings. The molecule has 1 atom stereocenters. The number of hydrogen-bond acceptors (Lipinski definition) is 5. The van der Waals surface area contributed by atoms with Gasteiger partial charge in [-0.25, -0.2) is 4.98 Å². The number of carbonyl (C=O) groups excluding carboxylic acids is 1. The van der Waals surface area contributed by atoms with E-state index >= 15 is 0 Å². The number of hydrogen-bond donors (Lipinski definition) is 1. The smallest absolute Gasteiger partial charge is 0.268 e. The first kappa shape index (κ1) is 17.9. The van der Waals surface area contributed by atoms with Crippen molar-refractivity contribution >= 4 is 28.5 Å². The number of carbonyl (C=O) groups is 1. The van der Waals surface area contributed by atoms with E-state index in [0.717, 1.165) is 17.0 Å². The Labute approximate surface area is 145 Å². The lowest BCUT2D eigenvalue weighted by atomic mass is 10.1. The number of amides is 1. The van der Waals surface area contributed by atoms with E-state index in [1.165, 1.54) is 11.3 Å². The van der Waals surface area contributed by atoms with Crippen LogP contribution in [0, 0.1) is 25.2 Å². The van der Waals surface area contributed by atoms with E-state index < -0.39 is 5.91 Å². The molecule has 6 nitrogen and oxygen atoms in total. The quantitative estimate of drug-likeness (QED) is 0.644. The maximum Gasteiger partial charge on any atom is 0.268 e. The summed E-state index contributed by atoms with van der Waals surface area (Å²) >= 11 is 1.31. The number of nitrogens with zero attached hydrogens (tertiary/aromatic N) is 3. The van der Waals surface area contributed by atoms with Crippen LogP contribution in [-0.2, 0) is 9.53 Å². The van der Waals surface area contributed by atoms with E-state index in [2.05, 4.69) is 21.8 Å². The molecule has 0 bridgehead atoms. The maximum atomic E-state index is 12.2. The van der Waals surface area contributed by atoms with Crippen LogP contribution in [0.4, 0.5) is 5.13 Å². The van der Waals surface area contributed by atoms with Gasteiger partial charge in [0.2, 0.25) is 0 Å². The van der Waals surface area contributed by atoms with Gasteiger partial charge in [-0.2, -0.15) is 5.26 Å². The van der Waals surface area contributed by atoms with Gasteiger partial charge in [0.15, 0.2) is 5.13 Å². The number of rotatable bonds is 6. The second-order valence-electron chi connectivity index (χ2n) is 5.46. The van der Waals surface area contributed by atoms with Gasteiger partial charge in [-0.1, -0.05) is 0 Å². The lowest BCUT2D eigenvalue weighted by molar-refractivity contribution is -0.112. The molecule has 0 aliphatic heterocycles. The number of aromatic nitrogens is 2. The van der Waals surface area contributed by atoms with Crippen molar-refractivity contribution in [3.8, 4) is 6.07 Å². The summed E-state index contributed by atoms with van der Waals surface area (Å²) in [5, 5.41) is 14.2. The minimum atomic E-state index is -0.456. The number of methoxy groups -OCH3 is 1. The lowest BCUT2D eigenvalue weighted by Crippen LogP contribution is -2.14. The molecule has 1 amide bonds. The van der Waals surface area contributed by atoms with Crippen molar-refractivity contribution in [1.29, 1.82) is 5.26 Å². The zero-order chi connectivity index (χ0) is 17.7. The summed E-state index contributed by atoms with van der Waals surface area (Å²) < 4.78 is 7.36. The van der Waals surface area contributed by atoms with Gasteiger partial charge in [-0.05, 0) is 38.5 Å². The fourth-order valence-corrected chi connectivity index (χ4v) is 3.22. The van der Waals surface area contributed by atoms with E-state index in [4.69, 9.17) is 4.74 Å². The molecular weight excluding hydrogens is 324 g/mol. The topological polar surface area (TPSA) is 79.9 Å². The fraction of sp³-hybridized carbons (Fsp3) is 0.353. The fourth-order valence-electron chi connectivity index (χ4n) is 2.70. The van der Waals surface area contributed by atoms with E-state index in [0.29, 0.717) is 11.7 Å². The normalized spacial score (nSPS) is 12.7. The third-order valence-corrected chi connectivity index (χ3v) is 4.38. The Morgan fingerprint density at radius 3 is 2.92 bits per heavy atom. The summed E-state index contributed by atoms with van der Waals surface area (Å²) in [6.07, 6.45) is 3.21. The summed E-state index contributed by atoms with van der Waals surface area (Å²) in [4.78, 5) is 16.2. The van der Waals surface area contributed by atoms with Crippen LogP contribution in [0.25, 0.3) is 6.08 Å². The number of thiazole rings is 1. The number of anilines is 1. The first-order chi connectivity index (χ1) is 11.5. The molecular formula is C17H20N4O2S. The van der Waals surface area contributed by atoms with Gasteiger partial charge in [0.25, 0.3) is 5.91 Å². The number of ether oxygens (including phenoxy) is 1. The Hall–Kier alpha value is -2.43. The van der Waals surface area contributed by atoms with Crippen molar-refractivity contribution in [3.63, 3.8) is 0 Å². The Morgan fingerprint density at radius 2 is 2.33 bits per heavy atom. The molecule has 7 heteroatoms. The van der Waals surface area contributed by atoms with Gasteiger partial charge in [-0.3, -0.25) is 10.1 Å². The van der Waals surface area contributed by atoms with Crippen LogP contribution in [-0.4, -0.2) is 29.2 Å². The monoisotopic (exact) mass is 344 g/mol. The SMILES string of the molecule is COCC(C)n1c(C)cc(/C=C(\C#N)C(=O)Nc2nccs2)c1C. The van der Waals surface area contributed by atoms with E-state index in [1.807, 2.05) is 26.0 Å². The highest BCUT2D eigenvalue weighted by Gasteiger charge is 2.16. The van der Waals surface area contributed by atoms with Crippen LogP contribution in [0.2, 0.25) is 0 Å². The number of nitrogens with one attached hydrogen (secondary N) is 1. The van der Waals surface area contributed by atoms with Gasteiger partial charge >= 0.3 is 0 Å². The van der Waals surface area contributed by atoms with Crippen LogP contribution in [0.3, 0.4) is 0 Å². The molecule has 0 radical (unpaired) electrons. The molecule has 0 spiro atoms. The summed E-state index contributed by atoms with van der Waals surface area (Å²) in [5.41, 5.74) is 2.94.